The van der Waals surface area contributed by atoms with Crippen LogP contribution >= 0.6 is 0 Å². The molecule has 0 saturated carbocycles. The summed E-state index contributed by atoms with van der Waals surface area (Å²) in [5.74, 6) is 0. The van der Waals surface area contributed by atoms with Crippen LogP contribution in [-0.2, 0) is 0 Å². The van der Waals surface area contributed by atoms with Crippen LogP contribution < -0.4 is 19.6 Å². The first-order valence-electron chi connectivity index (χ1n) is 26.8. The summed E-state index contributed by atoms with van der Waals surface area (Å²) < 4.78 is 0. The van der Waals surface area contributed by atoms with E-state index >= 15 is 0 Å². The van der Waals surface area contributed by atoms with Gasteiger partial charge in [0, 0.05) is 69.3 Å². The van der Waals surface area contributed by atoms with Gasteiger partial charge in [-0.05, 0) is 197 Å². The topological polar surface area (TPSA) is 13.0 Å². The Labute approximate surface area is 462 Å². The normalized spacial score (nSPS) is 11.5. The Morgan fingerprint density at radius 1 is 0.205 bits per heavy atom. The molecule has 382 valence electrons. The molecule has 4 heteroatoms. The van der Waals surface area contributed by atoms with Gasteiger partial charge in [-0.1, -0.05) is 179 Å². The zero-order chi connectivity index (χ0) is 53.8. The van der Waals surface area contributed by atoms with Crippen LogP contribution in [0.15, 0.2) is 279 Å². The lowest BCUT2D eigenvalue weighted by Crippen LogP contribution is -2.09. The molecule has 10 rings (SSSR count). The van der Waals surface area contributed by atoms with Gasteiger partial charge in [-0.3, -0.25) is 0 Å². The monoisotopic (exact) mass is 1010 g/mol. The molecule has 0 spiro atoms. The highest BCUT2D eigenvalue weighted by atomic mass is 15.1. The maximum atomic E-state index is 2.31. The highest BCUT2D eigenvalue weighted by Gasteiger charge is 2.15. The van der Waals surface area contributed by atoms with Gasteiger partial charge in [-0.15, -0.1) is 0 Å². The average molecular weight is 1010 g/mol. The SMILES string of the molecule is Cc1ccc(N(/C=C/C=C/c2ccc(N(c3ccc(C)cc3)c3ccc(C)cc3)cc2)c2ccc(-c3ccc(N(/C=C/C=C/c4ccc(N(c5ccc(C)cc5)c5ccc(C)cc5)cc4)c4ccc(C)cc4)cc3)cc2)cc1. The van der Waals surface area contributed by atoms with E-state index in [4.69, 9.17) is 0 Å². The smallest absolute Gasteiger partial charge is 0.0462 e. The number of benzene rings is 10. The summed E-state index contributed by atoms with van der Waals surface area (Å²) in [5, 5.41) is 0. The molecular formula is C74H66N4. The molecule has 0 N–H and O–H groups in total. The van der Waals surface area contributed by atoms with E-state index in [1.165, 1.54) is 33.4 Å². The second-order valence-corrected chi connectivity index (χ2v) is 20.1. The molecular weight excluding hydrogens is 945 g/mol. The zero-order valence-electron chi connectivity index (χ0n) is 45.5. The van der Waals surface area contributed by atoms with Crippen molar-refractivity contribution < 1.29 is 0 Å². The predicted molar refractivity (Wildman–Crippen MR) is 336 cm³/mol. The van der Waals surface area contributed by atoms with E-state index < -0.39 is 0 Å². The number of rotatable bonds is 17. The van der Waals surface area contributed by atoms with Crippen LogP contribution in [0.5, 0.6) is 0 Å². The number of anilines is 10. The molecule has 0 atom stereocenters. The maximum absolute atomic E-state index is 2.31. The summed E-state index contributed by atoms with van der Waals surface area (Å²) in [7, 11) is 0. The molecule has 0 bridgehead atoms. The van der Waals surface area contributed by atoms with Gasteiger partial charge in [-0.25, -0.2) is 0 Å². The van der Waals surface area contributed by atoms with Crippen molar-refractivity contribution in [3.05, 3.63) is 324 Å². The fourth-order valence-electron chi connectivity index (χ4n) is 9.43. The van der Waals surface area contributed by atoms with Gasteiger partial charge in [0.2, 0.25) is 0 Å². The van der Waals surface area contributed by atoms with Crippen LogP contribution in [0.25, 0.3) is 23.3 Å². The Bertz CT molecular complexity index is 3310. The Balaban J connectivity index is 0.833. The Morgan fingerprint density at radius 2 is 0.397 bits per heavy atom. The highest BCUT2D eigenvalue weighted by molar-refractivity contribution is 5.80. The quantitative estimate of drug-likeness (QED) is 0.0843. The molecule has 0 aliphatic heterocycles. The Kier molecular flexibility index (Phi) is 16.2. The molecule has 0 aliphatic rings. The second kappa shape index (κ2) is 24.4. The second-order valence-electron chi connectivity index (χ2n) is 20.1. The minimum absolute atomic E-state index is 1.08. The fourth-order valence-corrected chi connectivity index (χ4v) is 9.43. The molecule has 0 heterocycles. The van der Waals surface area contributed by atoms with Crippen molar-refractivity contribution in [2.45, 2.75) is 41.5 Å². The summed E-state index contributed by atoms with van der Waals surface area (Å²) in [6.45, 7) is 12.8. The molecule has 10 aromatic rings. The number of aryl methyl sites for hydroxylation is 6. The van der Waals surface area contributed by atoms with Crippen molar-refractivity contribution in [3.8, 4) is 11.1 Å². The van der Waals surface area contributed by atoms with E-state index in [-0.39, 0.29) is 0 Å². The molecule has 0 radical (unpaired) electrons. The van der Waals surface area contributed by atoms with Crippen LogP contribution in [0.4, 0.5) is 56.9 Å². The van der Waals surface area contributed by atoms with Crippen molar-refractivity contribution in [1.82, 2.24) is 0 Å². The minimum Gasteiger partial charge on any atom is -0.317 e. The van der Waals surface area contributed by atoms with Crippen LogP contribution in [0.3, 0.4) is 0 Å². The predicted octanol–water partition coefficient (Wildman–Crippen LogP) is 20.9. The van der Waals surface area contributed by atoms with E-state index in [0.717, 1.165) is 79.1 Å². The lowest BCUT2D eigenvalue weighted by atomic mass is 10.0. The van der Waals surface area contributed by atoms with Crippen molar-refractivity contribution in [2.24, 2.45) is 0 Å². The van der Waals surface area contributed by atoms with Crippen molar-refractivity contribution >= 4 is 69.0 Å². The maximum Gasteiger partial charge on any atom is 0.0462 e. The van der Waals surface area contributed by atoms with Crippen LogP contribution in [0.1, 0.15) is 44.5 Å². The van der Waals surface area contributed by atoms with Gasteiger partial charge in [0.05, 0.1) is 0 Å². The Morgan fingerprint density at radius 3 is 0.628 bits per heavy atom. The number of hydrogen-bond acceptors (Lipinski definition) is 4. The molecule has 10 aromatic carbocycles. The van der Waals surface area contributed by atoms with Gasteiger partial charge in [0.1, 0.15) is 0 Å². The fraction of sp³-hybridized carbons (Fsp3) is 0.0811. The van der Waals surface area contributed by atoms with E-state index in [1.54, 1.807) is 0 Å². The number of hydrogen-bond donors (Lipinski definition) is 0. The van der Waals surface area contributed by atoms with Gasteiger partial charge in [0.15, 0.2) is 0 Å². The third-order valence-electron chi connectivity index (χ3n) is 14.0. The molecule has 0 fully saturated rings. The van der Waals surface area contributed by atoms with Gasteiger partial charge >= 0.3 is 0 Å². The van der Waals surface area contributed by atoms with Crippen LogP contribution in [0, 0.1) is 41.5 Å². The van der Waals surface area contributed by atoms with E-state index in [0.29, 0.717) is 0 Å². The lowest BCUT2D eigenvalue weighted by Gasteiger charge is -2.25. The first-order valence-corrected chi connectivity index (χ1v) is 26.8. The number of allylic oxidation sites excluding steroid dienone is 4. The average Bonchev–Trinajstić information content (AvgIpc) is 3.50. The zero-order valence-corrected chi connectivity index (χ0v) is 45.5. The van der Waals surface area contributed by atoms with Crippen molar-refractivity contribution in [1.29, 1.82) is 0 Å². The molecule has 4 nitrogen and oxygen atoms in total. The van der Waals surface area contributed by atoms with Crippen molar-refractivity contribution in [2.75, 3.05) is 19.6 Å². The standard InChI is InChI=1S/C74H66N4/c1-55-13-33-65(34-14-55)75(53-9-7-11-61-25-45-73(46-26-61)77(69-37-17-57(3)18-38-69)70-39-19-58(4)20-40-70)67-49-29-63(30-50-67)64-31-51-68(52-32-64)76(66-35-15-56(2)16-36-66)54-10-8-12-62-27-47-74(48-28-62)78(71-41-21-59(5)22-42-71)72-43-23-60(6)24-44-72/h7-54H,1-6H3/b11-7+,12-8+,53-9+,54-10+. The van der Waals surface area contributed by atoms with Crippen LogP contribution in [0.2, 0.25) is 0 Å². The van der Waals surface area contributed by atoms with Gasteiger partial charge < -0.3 is 19.6 Å². The first kappa shape index (κ1) is 51.8. The number of nitrogens with zero attached hydrogens (tertiary/aromatic N) is 4. The van der Waals surface area contributed by atoms with E-state index in [9.17, 15) is 0 Å². The minimum atomic E-state index is 1.08. The summed E-state index contributed by atoms with van der Waals surface area (Å²) in [6, 6.07) is 87.4. The third kappa shape index (κ3) is 12.9. The molecule has 0 aliphatic carbocycles. The molecule has 78 heavy (non-hydrogen) atoms. The molecule has 0 aromatic heterocycles. The highest BCUT2D eigenvalue weighted by Crippen LogP contribution is 2.38. The summed E-state index contributed by atoms with van der Waals surface area (Å²) in [6.07, 6.45) is 17.0. The van der Waals surface area contributed by atoms with Gasteiger partial charge in [0.25, 0.3) is 0 Å². The molecule has 0 saturated heterocycles. The van der Waals surface area contributed by atoms with E-state index in [2.05, 4.69) is 353 Å². The Hall–Kier alpha value is -9.64. The van der Waals surface area contributed by atoms with Crippen molar-refractivity contribution in [3.63, 3.8) is 0 Å². The molecule has 0 amide bonds. The molecule has 0 unspecified atom stereocenters. The third-order valence-corrected chi connectivity index (χ3v) is 14.0. The summed E-state index contributed by atoms with van der Waals surface area (Å²) in [5.41, 5.74) is 23.1. The van der Waals surface area contributed by atoms with E-state index in [1.807, 2.05) is 0 Å². The lowest BCUT2D eigenvalue weighted by molar-refractivity contribution is 1.27. The van der Waals surface area contributed by atoms with Crippen LogP contribution in [-0.4, -0.2) is 0 Å². The summed E-state index contributed by atoms with van der Waals surface area (Å²) >= 11 is 0. The summed E-state index contributed by atoms with van der Waals surface area (Å²) in [4.78, 5) is 9.09. The first-order chi connectivity index (χ1) is 38.1. The largest absolute Gasteiger partial charge is 0.317 e. The van der Waals surface area contributed by atoms with Gasteiger partial charge in [-0.2, -0.15) is 0 Å².